The van der Waals surface area contributed by atoms with Gasteiger partial charge in [-0.15, -0.1) is 24.0 Å². The number of carbonyl (C=O) groups excluding carboxylic acids is 1. The van der Waals surface area contributed by atoms with E-state index in [0.717, 1.165) is 69.9 Å². The summed E-state index contributed by atoms with van der Waals surface area (Å²) in [6.07, 6.45) is 2.66. The molecule has 2 aliphatic rings. The molecule has 0 saturated carbocycles. The summed E-state index contributed by atoms with van der Waals surface area (Å²) in [4.78, 5) is 20.7. The average molecular weight is 501 g/mol. The van der Waals surface area contributed by atoms with Crippen LogP contribution in [0.15, 0.2) is 29.3 Å². The van der Waals surface area contributed by atoms with E-state index in [1.807, 2.05) is 17.0 Å². The lowest BCUT2D eigenvalue weighted by molar-refractivity contribution is -0.128. The minimum Gasteiger partial charge on any atom is -0.379 e. The zero-order valence-electron chi connectivity index (χ0n) is 16.4. The van der Waals surface area contributed by atoms with E-state index < -0.39 is 0 Å². The lowest BCUT2D eigenvalue weighted by atomic mass is 10.1. The molecule has 7 nitrogen and oxygen atoms in total. The smallest absolute Gasteiger partial charge is 0.222 e. The molecule has 2 heterocycles. The van der Waals surface area contributed by atoms with Crippen molar-refractivity contribution < 1.29 is 9.53 Å². The maximum absolute atomic E-state index is 11.9. The van der Waals surface area contributed by atoms with Crippen molar-refractivity contribution >= 4 is 35.8 Å². The van der Waals surface area contributed by atoms with Gasteiger partial charge in [-0.2, -0.15) is 0 Å². The number of rotatable bonds is 8. The van der Waals surface area contributed by atoms with Crippen LogP contribution in [0.5, 0.6) is 0 Å². The van der Waals surface area contributed by atoms with E-state index in [9.17, 15) is 4.79 Å². The lowest BCUT2D eigenvalue weighted by Gasteiger charge is -2.26. The summed E-state index contributed by atoms with van der Waals surface area (Å²) in [6.45, 7) is 7.60. The van der Waals surface area contributed by atoms with E-state index in [1.165, 1.54) is 0 Å². The second-order valence-corrected chi connectivity index (χ2v) is 7.12. The molecule has 1 aromatic rings. The van der Waals surface area contributed by atoms with Crippen molar-refractivity contribution in [3.8, 4) is 0 Å². The molecule has 0 spiro atoms. The summed E-state index contributed by atoms with van der Waals surface area (Å²) in [5.74, 6) is 0.721. The summed E-state index contributed by atoms with van der Waals surface area (Å²) in [5, 5.41) is 3.20. The van der Waals surface area contributed by atoms with Gasteiger partial charge in [0, 0.05) is 39.1 Å². The van der Waals surface area contributed by atoms with Gasteiger partial charge < -0.3 is 20.7 Å². The highest BCUT2D eigenvalue weighted by atomic mass is 127. The van der Waals surface area contributed by atoms with Crippen LogP contribution in [0.4, 0.5) is 0 Å². The minimum absolute atomic E-state index is 0. The number of nitrogens with zero attached hydrogens (tertiary/aromatic N) is 3. The molecule has 1 amide bonds. The van der Waals surface area contributed by atoms with Crippen LogP contribution in [0, 0.1) is 0 Å². The van der Waals surface area contributed by atoms with Crippen molar-refractivity contribution in [2.75, 3.05) is 45.9 Å². The number of nitrogens with one attached hydrogen (secondary N) is 1. The first-order chi connectivity index (χ1) is 13.2. The molecule has 28 heavy (non-hydrogen) atoms. The number of hydrogen-bond acceptors (Lipinski definition) is 4. The molecular weight excluding hydrogens is 469 g/mol. The van der Waals surface area contributed by atoms with Crippen molar-refractivity contribution in [3.63, 3.8) is 0 Å². The number of nitrogens with two attached hydrogens (primary N) is 1. The molecular formula is C20H32IN5O2. The molecule has 0 radical (unpaired) electrons. The fraction of sp³-hybridized carbons (Fsp3) is 0.600. The van der Waals surface area contributed by atoms with Crippen LogP contribution >= 0.6 is 24.0 Å². The molecule has 0 bridgehead atoms. The van der Waals surface area contributed by atoms with Gasteiger partial charge in [-0.25, -0.2) is 4.99 Å². The van der Waals surface area contributed by atoms with Crippen molar-refractivity contribution in [2.24, 2.45) is 10.7 Å². The molecule has 2 aliphatic heterocycles. The van der Waals surface area contributed by atoms with Crippen LogP contribution in [0.1, 0.15) is 30.4 Å². The standard InChI is InChI=1S/C20H31N5O2.HI/c21-20(22-8-4-9-24-11-13-27-14-12-24)23-15-17-5-1-2-6-18(17)16-25-10-3-7-19(25)26;/h1-2,5-6H,3-4,7-16H2,(H3,21,22,23);1H. The number of amides is 1. The molecule has 1 aromatic carbocycles. The Hall–Kier alpha value is -1.39. The number of halogens is 1. The Balaban J connectivity index is 0.00000280. The topological polar surface area (TPSA) is 83.2 Å². The Labute approximate surface area is 184 Å². The highest BCUT2D eigenvalue weighted by Crippen LogP contribution is 2.17. The highest BCUT2D eigenvalue weighted by Gasteiger charge is 2.20. The number of likely N-dealkylation sites (tertiary alicyclic amines) is 1. The SMILES string of the molecule is I.NC(=NCc1ccccc1CN1CCCC1=O)NCCCN1CCOCC1. The van der Waals surface area contributed by atoms with Gasteiger partial charge in [-0.05, 0) is 30.5 Å². The maximum Gasteiger partial charge on any atom is 0.222 e. The fourth-order valence-electron chi connectivity index (χ4n) is 3.51. The molecule has 0 aromatic heterocycles. The second kappa shape index (κ2) is 12.2. The summed E-state index contributed by atoms with van der Waals surface area (Å²) in [7, 11) is 0. The van der Waals surface area contributed by atoms with Gasteiger partial charge in [0.25, 0.3) is 0 Å². The Kier molecular flexibility index (Phi) is 10.0. The minimum atomic E-state index is 0. The second-order valence-electron chi connectivity index (χ2n) is 7.12. The average Bonchev–Trinajstić information content (AvgIpc) is 3.10. The number of hydrogen-bond donors (Lipinski definition) is 2. The summed E-state index contributed by atoms with van der Waals surface area (Å²) in [5.41, 5.74) is 8.29. The van der Waals surface area contributed by atoms with E-state index in [0.29, 0.717) is 25.5 Å². The normalized spacial score (nSPS) is 18.2. The third-order valence-electron chi connectivity index (χ3n) is 5.13. The molecule has 0 aliphatic carbocycles. The molecule has 0 atom stereocenters. The van der Waals surface area contributed by atoms with Crippen LogP contribution < -0.4 is 11.1 Å². The van der Waals surface area contributed by atoms with Gasteiger partial charge in [-0.3, -0.25) is 9.69 Å². The number of ether oxygens (including phenoxy) is 1. The van der Waals surface area contributed by atoms with Crippen molar-refractivity contribution in [1.82, 2.24) is 15.1 Å². The van der Waals surface area contributed by atoms with Crippen LogP contribution in [0.3, 0.4) is 0 Å². The first-order valence-corrected chi connectivity index (χ1v) is 9.91. The van der Waals surface area contributed by atoms with Gasteiger partial charge in [0.15, 0.2) is 5.96 Å². The first-order valence-electron chi connectivity index (χ1n) is 9.91. The zero-order chi connectivity index (χ0) is 18.9. The molecule has 0 unspecified atom stereocenters. The van der Waals surface area contributed by atoms with E-state index in [2.05, 4.69) is 27.3 Å². The first kappa shape index (κ1) is 22.9. The largest absolute Gasteiger partial charge is 0.379 e. The predicted molar refractivity (Wildman–Crippen MR) is 122 cm³/mol. The van der Waals surface area contributed by atoms with E-state index >= 15 is 0 Å². The molecule has 3 rings (SSSR count). The van der Waals surface area contributed by atoms with Crippen LogP contribution in [0.2, 0.25) is 0 Å². The van der Waals surface area contributed by atoms with Crippen LogP contribution in [-0.4, -0.2) is 67.6 Å². The predicted octanol–water partition coefficient (Wildman–Crippen LogP) is 1.55. The molecule has 2 fully saturated rings. The van der Waals surface area contributed by atoms with Gasteiger partial charge in [0.05, 0.1) is 19.8 Å². The molecule has 156 valence electrons. The Bertz CT molecular complexity index is 649. The van der Waals surface area contributed by atoms with Gasteiger partial charge in [-0.1, -0.05) is 24.3 Å². The van der Waals surface area contributed by atoms with Crippen LogP contribution in [-0.2, 0) is 22.6 Å². The number of aliphatic imine (C=N–C) groups is 1. The lowest BCUT2D eigenvalue weighted by Crippen LogP contribution is -2.39. The Morgan fingerprint density at radius 1 is 1.18 bits per heavy atom. The summed E-state index contributed by atoms with van der Waals surface area (Å²) in [6, 6.07) is 8.15. The van der Waals surface area contributed by atoms with E-state index in [1.54, 1.807) is 0 Å². The number of guanidine groups is 1. The summed E-state index contributed by atoms with van der Waals surface area (Å²) < 4.78 is 5.36. The number of benzene rings is 1. The van der Waals surface area contributed by atoms with Gasteiger partial charge in [0.1, 0.15) is 0 Å². The maximum atomic E-state index is 11.9. The zero-order valence-corrected chi connectivity index (χ0v) is 18.8. The third-order valence-corrected chi connectivity index (χ3v) is 5.13. The third kappa shape index (κ3) is 7.21. The van der Waals surface area contributed by atoms with Crippen molar-refractivity contribution in [3.05, 3.63) is 35.4 Å². The molecule has 2 saturated heterocycles. The number of carbonyl (C=O) groups is 1. The van der Waals surface area contributed by atoms with Crippen LogP contribution in [0.25, 0.3) is 0 Å². The van der Waals surface area contributed by atoms with E-state index in [4.69, 9.17) is 10.5 Å². The molecule has 8 heteroatoms. The fourth-order valence-corrected chi connectivity index (χ4v) is 3.51. The summed E-state index contributed by atoms with van der Waals surface area (Å²) >= 11 is 0. The monoisotopic (exact) mass is 501 g/mol. The number of morpholine rings is 1. The van der Waals surface area contributed by atoms with Crippen molar-refractivity contribution in [1.29, 1.82) is 0 Å². The quantitative estimate of drug-likeness (QED) is 0.245. The van der Waals surface area contributed by atoms with Gasteiger partial charge >= 0.3 is 0 Å². The van der Waals surface area contributed by atoms with E-state index in [-0.39, 0.29) is 29.9 Å². The Morgan fingerprint density at radius 3 is 2.64 bits per heavy atom. The molecule has 3 N–H and O–H groups in total. The highest BCUT2D eigenvalue weighted by molar-refractivity contribution is 14.0. The van der Waals surface area contributed by atoms with Gasteiger partial charge in [0.2, 0.25) is 5.91 Å². The van der Waals surface area contributed by atoms with Crippen molar-refractivity contribution in [2.45, 2.75) is 32.4 Å². The Morgan fingerprint density at radius 2 is 1.93 bits per heavy atom.